The van der Waals surface area contributed by atoms with Gasteiger partial charge in [0.2, 0.25) is 0 Å². The fourth-order valence-electron chi connectivity index (χ4n) is 0.285. The molecule has 1 unspecified atom stereocenters. The molecule has 2 atom stereocenters. The van der Waals surface area contributed by atoms with Crippen LogP contribution >= 0.6 is 0 Å². The molecule has 0 saturated carbocycles. The van der Waals surface area contributed by atoms with Crippen molar-refractivity contribution < 1.29 is 9.90 Å². The van der Waals surface area contributed by atoms with E-state index >= 15 is 0 Å². The molecule has 0 amide bonds. The predicted molar refractivity (Wildman–Crippen MR) is 40.4 cm³/mol. The zero-order valence-corrected chi connectivity index (χ0v) is 8.76. The van der Waals surface area contributed by atoms with E-state index < -0.39 is 12.0 Å². The van der Waals surface area contributed by atoms with Crippen molar-refractivity contribution in [3.05, 3.63) is 0 Å². The monoisotopic (exact) mass is 195 g/mol. The first-order valence-electron chi connectivity index (χ1n) is 2.54. The second kappa shape index (κ2) is 4.83. The second-order valence-corrected chi connectivity index (χ2v) is 2.11. The molecule has 4 heteroatoms. The van der Waals surface area contributed by atoms with Crippen LogP contribution in [0.2, 0.25) is 0 Å². The van der Waals surface area contributed by atoms with E-state index in [1.54, 1.807) is 13.8 Å². The Morgan fingerprint density at radius 3 is 1.89 bits per heavy atom. The Morgan fingerprint density at radius 2 is 1.89 bits per heavy atom. The van der Waals surface area contributed by atoms with Crippen LogP contribution in [-0.4, -0.2) is 35.1 Å². The number of aliphatic carboxylic acids is 1. The normalized spacial score (nSPS) is 12.4. The number of carbonyl (C=O) groups is 1. The fraction of sp³-hybridized carbons (Fsp3) is 0.800. The molecule has 0 aromatic heterocycles. The van der Waals surface area contributed by atoms with E-state index in [-0.39, 0.29) is 23.9 Å². The molecule has 0 aliphatic rings. The van der Waals surface area contributed by atoms with Gasteiger partial charge in [0.1, 0.15) is 6.04 Å². The molecule has 9 heavy (non-hydrogen) atoms. The van der Waals surface area contributed by atoms with Crippen molar-refractivity contribution >= 4 is 23.9 Å². The molecular formula is C5H14AsNO2. The van der Waals surface area contributed by atoms with Gasteiger partial charge in [-0.15, -0.1) is 0 Å². The minimum atomic E-state index is -0.931. The first kappa shape index (κ1) is 11.7. The van der Waals surface area contributed by atoms with Gasteiger partial charge in [-0.3, -0.25) is 4.79 Å². The van der Waals surface area contributed by atoms with Gasteiger partial charge in [0.25, 0.3) is 0 Å². The molecule has 3 N–H and O–H groups in total. The summed E-state index contributed by atoms with van der Waals surface area (Å²) in [5.41, 5.74) is 5.16. The summed E-state index contributed by atoms with van der Waals surface area (Å²) in [6.07, 6.45) is 0. The summed E-state index contributed by atoms with van der Waals surface area (Å²) in [7, 11) is 0. The van der Waals surface area contributed by atoms with Crippen LogP contribution in [0.3, 0.4) is 0 Å². The summed E-state index contributed by atoms with van der Waals surface area (Å²) in [5, 5.41) is 8.23. The Morgan fingerprint density at radius 1 is 1.56 bits per heavy atom. The van der Waals surface area contributed by atoms with E-state index in [0.717, 1.165) is 0 Å². The molecule has 0 rings (SSSR count). The van der Waals surface area contributed by atoms with Crippen molar-refractivity contribution in [1.29, 1.82) is 0 Å². The van der Waals surface area contributed by atoms with Crippen molar-refractivity contribution in [2.75, 3.05) is 0 Å². The maximum absolute atomic E-state index is 10.0. The Labute approximate surface area is 65.9 Å². The summed E-state index contributed by atoms with van der Waals surface area (Å²) < 4.78 is 0. The molecule has 0 bridgehead atoms. The Balaban J connectivity index is 0. The average Bonchev–Trinajstić information content (AvgIpc) is 1.64. The van der Waals surface area contributed by atoms with E-state index in [1.165, 1.54) is 0 Å². The molecule has 0 spiro atoms. The number of carboxylic acid groups (broad SMARTS) is 1. The van der Waals surface area contributed by atoms with E-state index in [9.17, 15) is 4.79 Å². The van der Waals surface area contributed by atoms with Gasteiger partial charge in [0.15, 0.2) is 0 Å². The first-order chi connectivity index (χ1) is 3.55. The van der Waals surface area contributed by atoms with E-state index in [2.05, 4.69) is 0 Å². The van der Waals surface area contributed by atoms with Crippen molar-refractivity contribution in [1.82, 2.24) is 0 Å². The molecule has 0 radical (unpaired) electrons. The number of hydrogen-bond acceptors (Lipinski definition) is 2. The topological polar surface area (TPSA) is 63.3 Å². The molecule has 0 aromatic carbocycles. The minimum absolute atomic E-state index is 0. The fourth-order valence-corrected chi connectivity index (χ4v) is 0.285. The molecule has 0 saturated heterocycles. The summed E-state index contributed by atoms with van der Waals surface area (Å²) in [6.45, 7) is 3.55. The summed E-state index contributed by atoms with van der Waals surface area (Å²) in [4.78, 5) is 10.0. The average molecular weight is 195 g/mol. The van der Waals surface area contributed by atoms with Crippen LogP contribution in [0.4, 0.5) is 0 Å². The number of rotatable bonds is 2. The third kappa shape index (κ3) is 4.49. The van der Waals surface area contributed by atoms with Crippen LogP contribution in [0.5, 0.6) is 0 Å². The summed E-state index contributed by atoms with van der Waals surface area (Å²) in [5.74, 6) is -0.910. The van der Waals surface area contributed by atoms with Gasteiger partial charge in [-0.1, -0.05) is 13.8 Å². The molecule has 0 aromatic rings. The predicted octanol–water partition coefficient (Wildman–Crippen LogP) is -1.13. The SMILES string of the molecule is CC(C)[C@H](N)C(=O)O.[AsH3]. The molecule has 56 valence electrons. The van der Waals surface area contributed by atoms with Crippen molar-refractivity contribution in [3.63, 3.8) is 0 Å². The van der Waals surface area contributed by atoms with Gasteiger partial charge in [0, 0.05) is 0 Å². The molecule has 0 heterocycles. The first-order valence-corrected chi connectivity index (χ1v) is 2.54. The van der Waals surface area contributed by atoms with Gasteiger partial charge in [-0.05, 0) is 5.92 Å². The molecule has 3 nitrogen and oxygen atoms in total. The van der Waals surface area contributed by atoms with E-state index in [0.29, 0.717) is 0 Å². The summed E-state index contributed by atoms with van der Waals surface area (Å²) >= 11 is 0. The van der Waals surface area contributed by atoms with Crippen LogP contribution in [0.15, 0.2) is 0 Å². The number of carboxylic acids is 1. The Bertz CT molecular complexity index is 95.0. The van der Waals surface area contributed by atoms with Crippen molar-refractivity contribution in [2.45, 2.75) is 19.9 Å². The quantitative estimate of drug-likeness (QED) is 0.548. The Hall–Kier alpha value is -0.0116. The van der Waals surface area contributed by atoms with E-state index in [1.807, 2.05) is 0 Å². The standard InChI is InChI=1S/C5H11NO2.AsH3/c1-3(2)4(6)5(7)8;/h3-4H,6H2,1-2H3,(H,7,8);1H3/t4-;/m0./s1. The van der Waals surface area contributed by atoms with Crippen LogP contribution in [0.1, 0.15) is 13.8 Å². The van der Waals surface area contributed by atoms with Gasteiger partial charge in [0.05, 0.1) is 0 Å². The third-order valence-electron chi connectivity index (χ3n) is 1.00. The zero-order valence-electron chi connectivity index (χ0n) is 5.79. The van der Waals surface area contributed by atoms with Gasteiger partial charge in [-0.2, -0.15) is 0 Å². The Kier molecular flexibility index (Phi) is 6.30. The molecule has 0 fully saturated rings. The second-order valence-electron chi connectivity index (χ2n) is 2.11. The number of hydrogen-bond donors (Lipinski definition) is 2. The summed E-state index contributed by atoms with van der Waals surface area (Å²) in [6, 6.07) is -0.713. The van der Waals surface area contributed by atoms with Crippen molar-refractivity contribution in [2.24, 2.45) is 11.7 Å². The maximum atomic E-state index is 10.0. The molecule has 0 aliphatic carbocycles. The molecule has 0 aliphatic heterocycles. The van der Waals surface area contributed by atoms with Crippen LogP contribution in [0.25, 0.3) is 0 Å². The van der Waals surface area contributed by atoms with Crippen LogP contribution in [0, 0.1) is 5.92 Å². The van der Waals surface area contributed by atoms with Crippen LogP contribution in [-0.2, 0) is 4.79 Å². The number of nitrogens with two attached hydrogens (primary N) is 1. The third-order valence-corrected chi connectivity index (χ3v) is 1.00. The van der Waals surface area contributed by atoms with Gasteiger partial charge >= 0.3 is 23.9 Å². The zero-order chi connectivity index (χ0) is 6.73. The van der Waals surface area contributed by atoms with Gasteiger partial charge in [-0.25, -0.2) is 0 Å². The van der Waals surface area contributed by atoms with Gasteiger partial charge < -0.3 is 10.8 Å². The molecular weight excluding hydrogens is 181 g/mol. The van der Waals surface area contributed by atoms with Crippen LogP contribution < -0.4 is 5.73 Å². The van der Waals surface area contributed by atoms with Crippen molar-refractivity contribution in [3.8, 4) is 0 Å². The van der Waals surface area contributed by atoms with E-state index in [4.69, 9.17) is 10.8 Å².